The summed E-state index contributed by atoms with van der Waals surface area (Å²) >= 11 is 0. The molecule has 0 fully saturated rings. The molecule has 3 aromatic carbocycles. The lowest BCUT2D eigenvalue weighted by Gasteiger charge is -2.28. The first-order chi connectivity index (χ1) is 16.5. The molecule has 0 aliphatic carbocycles. The molecule has 0 N–H and O–H groups in total. The van der Waals surface area contributed by atoms with Crippen LogP contribution in [0, 0.1) is 0 Å². The zero-order valence-electron chi connectivity index (χ0n) is 19.9. The van der Waals surface area contributed by atoms with E-state index in [1.165, 1.54) is 38.4 Å². The molecule has 0 radical (unpaired) electrons. The normalized spacial score (nSPS) is 11.9. The van der Waals surface area contributed by atoms with Crippen LogP contribution < -0.4 is 4.31 Å². The minimum absolute atomic E-state index is 0.0285. The molecular weight excluding hydrogens is 486 g/mol. The lowest BCUT2D eigenvalue weighted by atomic mass is 10.1. The number of nitrogens with zero attached hydrogens (tertiary/aromatic N) is 3. The quantitative estimate of drug-likeness (QED) is 0.414. The fourth-order valence-electron chi connectivity index (χ4n) is 3.46. The summed E-state index contributed by atoms with van der Waals surface area (Å²) in [6, 6.07) is 24.4. The summed E-state index contributed by atoms with van der Waals surface area (Å²) in [5.41, 5.74) is 2.04. The lowest BCUT2D eigenvalue weighted by Crippen LogP contribution is -2.42. The number of carbonyl (C=O) groups is 1. The molecule has 0 bridgehead atoms. The second kappa shape index (κ2) is 11.0. The van der Waals surface area contributed by atoms with Crippen molar-refractivity contribution in [3.05, 3.63) is 96.1 Å². The summed E-state index contributed by atoms with van der Waals surface area (Å²) in [5.74, 6) is -0.381. The van der Waals surface area contributed by atoms with Gasteiger partial charge in [-0.3, -0.25) is 9.10 Å². The van der Waals surface area contributed by atoms with E-state index in [4.69, 9.17) is 0 Å². The van der Waals surface area contributed by atoms with Gasteiger partial charge >= 0.3 is 0 Å². The van der Waals surface area contributed by atoms with Gasteiger partial charge in [0.25, 0.3) is 0 Å². The zero-order valence-corrected chi connectivity index (χ0v) is 21.5. The van der Waals surface area contributed by atoms with E-state index in [1.807, 2.05) is 60.7 Å². The number of hydrogen-bond donors (Lipinski definition) is 0. The first kappa shape index (κ1) is 26.4. The third-order valence-electron chi connectivity index (χ3n) is 5.37. The Morgan fingerprint density at radius 2 is 1.17 bits per heavy atom. The van der Waals surface area contributed by atoms with Gasteiger partial charge in [-0.05, 0) is 35.4 Å². The van der Waals surface area contributed by atoms with Crippen molar-refractivity contribution in [3.63, 3.8) is 0 Å². The SMILES string of the molecule is CN(C)S(=O)(=O)c1ccc(N(CC(=O)N(Cc2ccccc2)Cc2ccccc2)S(C)(=O)=O)cc1. The monoisotopic (exact) mass is 515 g/mol. The van der Waals surface area contributed by atoms with E-state index < -0.39 is 26.6 Å². The molecule has 0 saturated carbocycles. The molecule has 8 nitrogen and oxygen atoms in total. The van der Waals surface area contributed by atoms with Crippen molar-refractivity contribution in [2.45, 2.75) is 18.0 Å². The number of hydrogen-bond acceptors (Lipinski definition) is 5. The van der Waals surface area contributed by atoms with E-state index in [-0.39, 0.29) is 16.5 Å². The van der Waals surface area contributed by atoms with Crippen LogP contribution in [0.4, 0.5) is 5.69 Å². The second-order valence-electron chi connectivity index (χ2n) is 8.27. The van der Waals surface area contributed by atoms with Crippen molar-refractivity contribution in [2.24, 2.45) is 0 Å². The molecule has 186 valence electrons. The Labute approximate surface area is 207 Å². The topological polar surface area (TPSA) is 95.1 Å². The van der Waals surface area contributed by atoms with Crippen LogP contribution in [0.3, 0.4) is 0 Å². The molecule has 0 atom stereocenters. The smallest absolute Gasteiger partial charge is 0.243 e. The largest absolute Gasteiger partial charge is 0.332 e. The van der Waals surface area contributed by atoms with Gasteiger partial charge < -0.3 is 4.90 Å². The number of sulfonamides is 2. The van der Waals surface area contributed by atoms with Crippen LogP contribution in [0.2, 0.25) is 0 Å². The van der Waals surface area contributed by atoms with Gasteiger partial charge in [0.05, 0.1) is 16.8 Å². The predicted octanol–water partition coefficient (Wildman–Crippen LogP) is 2.93. The molecule has 3 rings (SSSR count). The number of carbonyl (C=O) groups excluding carboxylic acids is 1. The molecule has 10 heteroatoms. The van der Waals surface area contributed by atoms with E-state index in [0.717, 1.165) is 26.0 Å². The fourth-order valence-corrected chi connectivity index (χ4v) is 5.21. The third kappa shape index (κ3) is 6.91. The summed E-state index contributed by atoms with van der Waals surface area (Å²) in [5, 5.41) is 0. The molecule has 0 saturated heterocycles. The van der Waals surface area contributed by atoms with E-state index in [2.05, 4.69) is 0 Å². The zero-order chi connectivity index (χ0) is 25.6. The molecule has 35 heavy (non-hydrogen) atoms. The Hall–Kier alpha value is -3.21. The molecule has 0 aliphatic rings. The van der Waals surface area contributed by atoms with Gasteiger partial charge in [-0.15, -0.1) is 0 Å². The van der Waals surface area contributed by atoms with Gasteiger partial charge in [-0.25, -0.2) is 21.1 Å². The predicted molar refractivity (Wildman–Crippen MR) is 137 cm³/mol. The standard InChI is InChI=1S/C25H29N3O5S2/c1-26(2)35(32,33)24-16-14-23(15-17-24)28(34(3,30)31)20-25(29)27(18-21-10-6-4-7-11-21)19-22-12-8-5-9-13-22/h4-17H,18-20H2,1-3H3. The van der Waals surface area contributed by atoms with Crippen LogP contribution in [0.1, 0.15) is 11.1 Å². The molecule has 0 unspecified atom stereocenters. The number of benzene rings is 3. The highest BCUT2D eigenvalue weighted by Gasteiger charge is 2.25. The molecular formula is C25H29N3O5S2. The van der Waals surface area contributed by atoms with Crippen LogP contribution >= 0.6 is 0 Å². The fraction of sp³-hybridized carbons (Fsp3) is 0.240. The first-order valence-corrected chi connectivity index (χ1v) is 14.1. The summed E-state index contributed by atoms with van der Waals surface area (Å²) in [6.45, 7) is 0.205. The summed E-state index contributed by atoms with van der Waals surface area (Å²) in [6.07, 6.45) is 1.02. The van der Waals surface area contributed by atoms with Crippen molar-refractivity contribution in [2.75, 3.05) is 31.2 Å². The van der Waals surface area contributed by atoms with Gasteiger partial charge in [0, 0.05) is 27.2 Å². The van der Waals surface area contributed by atoms with Crippen molar-refractivity contribution >= 4 is 31.6 Å². The highest BCUT2D eigenvalue weighted by molar-refractivity contribution is 7.92. The van der Waals surface area contributed by atoms with Crippen molar-refractivity contribution in [3.8, 4) is 0 Å². The molecule has 0 aromatic heterocycles. The lowest BCUT2D eigenvalue weighted by molar-refractivity contribution is -0.130. The number of rotatable bonds is 10. The molecule has 1 amide bonds. The van der Waals surface area contributed by atoms with E-state index >= 15 is 0 Å². The molecule has 0 spiro atoms. The Morgan fingerprint density at radius 1 is 0.714 bits per heavy atom. The maximum Gasteiger partial charge on any atom is 0.243 e. The second-order valence-corrected chi connectivity index (χ2v) is 12.3. The van der Waals surface area contributed by atoms with Crippen LogP contribution in [-0.4, -0.2) is 58.8 Å². The minimum Gasteiger partial charge on any atom is -0.332 e. The van der Waals surface area contributed by atoms with E-state index in [1.54, 1.807) is 4.90 Å². The van der Waals surface area contributed by atoms with Crippen LogP contribution in [0.15, 0.2) is 89.8 Å². The minimum atomic E-state index is -3.83. The van der Waals surface area contributed by atoms with Gasteiger partial charge in [0.1, 0.15) is 6.54 Å². The van der Waals surface area contributed by atoms with E-state index in [9.17, 15) is 21.6 Å². The molecule has 0 heterocycles. The van der Waals surface area contributed by atoms with Crippen molar-refractivity contribution < 1.29 is 21.6 Å². The first-order valence-electron chi connectivity index (χ1n) is 10.8. The van der Waals surface area contributed by atoms with Gasteiger partial charge in [-0.1, -0.05) is 60.7 Å². The van der Waals surface area contributed by atoms with Crippen LogP contribution in [0.25, 0.3) is 0 Å². The molecule has 3 aromatic rings. The van der Waals surface area contributed by atoms with Gasteiger partial charge in [0.15, 0.2) is 0 Å². The average molecular weight is 516 g/mol. The Bertz CT molecular complexity index is 1300. The Morgan fingerprint density at radius 3 is 1.57 bits per heavy atom. The maximum atomic E-state index is 13.4. The summed E-state index contributed by atoms with van der Waals surface area (Å²) < 4.78 is 52.0. The van der Waals surface area contributed by atoms with Gasteiger partial charge in [0.2, 0.25) is 26.0 Å². The number of anilines is 1. The average Bonchev–Trinajstić information content (AvgIpc) is 2.82. The third-order valence-corrected chi connectivity index (χ3v) is 8.34. The highest BCUT2D eigenvalue weighted by atomic mass is 32.2. The molecule has 0 aliphatic heterocycles. The Kier molecular flexibility index (Phi) is 8.31. The van der Waals surface area contributed by atoms with Crippen LogP contribution in [-0.2, 0) is 37.9 Å². The van der Waals surface area contributed by atoms with Crippen molar-refractivity contribution in [1.29, 1.82) is 0 Å². The number of amides is 1. The highest BCUT2D eigenvalue weighted by Crippen LogP contribution is 2.22. The maximum absolute atomic E-state index is 13.4. The van der Waals surface area contributed by atoms with Crippen molar-refractivity contribution in [1.82, 2.24) is 9.21 Å². The Balaban J connectivity index is 1.89. The summed E-state index contributed by atoms with van der Waals surface area (Å²) in [7, 11) is -4.67. The van der Waals surface area contributed by atoms with Gasteiger partial charge in [-0.2, -0.15) is 0 Å². The van der Waals surface area contributed by atoms with Crippen LogP contribution in [0.5, 0.6) is 0 Å². The van der Waals surface area contributed by atoms with E-state index in [0.29, 0.717) is 13.1 Å². The summed E-state index contributed by atoms with van der Waals surface area (Å²) in [4.78, 5) is 15.0.